The standard InChI is InChI=1S/C16H26N2O2/c1-13-8-14(2)10-16(9-13)20-12-15(19)11-18-6-4-17(3)5-7-18/h8-10,15,19H,4-7,11-12H2,1-3H3/t15-/m0/s1. The molecule has 1 atom stereocenters. The predicted octanol–water partition coefficient (Wildman–Crippen LogP) is 1.29. The molecule has 0 spiro atoms. The van der Waals surface area contributed by atoms with E-state index in [1.807, 2.05) is 12.1 Å². The molecule has 20 heavy (non-hydrogen) atoms. The largest absolute Gasteiger partial charge is 0.491 e. The number of nitrogens with zero attached hydrogens (tertiary/aromatic N) is 2. The second-order valence-electron chi connectivity index (χ2n) is 5.89. The number of benzene rings is 1. The molecule has 2 rings (SSSR count). The maximum atomic E-state index is 10.1. The zero-order valence-corrected chi connectivity index (χ0v) is 12.8. The van der Waals surface area contributed by atoms with Crippen LogP contribution in [-0.4, -0.2) is 67.4 Å². The van der Waals surface area contributed by atoms with Gasteiger partial charge in [0, 0.05) is 32.7 Å². The van der Waals surface area contributed by atoms with Crippen LogP contribution in [-0.2, 0) is 0 Å². The van der Waals surface area contributed by atoms with Gasteiger partial charge in [-0.05, 0) is 44.2 Å². The van der Waals surface area contributed by atoms with Crippen molar-refractivity contribution in [1.82, 2.24) is 9.80 Å². The second kappa shape index (κ2) is 7.07. The van der Waals surface area contributed by atoms with E-state index in [0.29, 0.717) is 13.2 Å². The molecule has 4 nitrogen and oxygen atoms in total. The van der Waals surface area contributed by atoms with Crippen LogP contribution < -0.4 is 4.74 Å². The molecule has 1 saturated heterocycles. The third kappa shape index (κ3) is 4.78. The third-order valence-corrected chi connectivity index (χ3v) is 3.70. The van der Waals surface area contributed by atoms with Crippen molar-refractivity contribution in [3.63, 3.8) is 0 Å². The molecule has 0 radical (unpaired) electrons. The van der Waals surface area contributed by atoms with E-state index in [2.05, 4.69) is 36.8 Å². The van der Waals surface area contributed by atoms with Gasteiger partial charge in [-0.25, -0.2) is 0 Å². The molecular formula is C16H26N2O2. The molecule has 0 bridgehead atoms. The fourth-order valence-electron chi connectivity index (χ4n) is 2.59. The Labute approximate surface area is 122 Å². The van der Waals surface area contributed by atoms with Gasteiger partial charge in [0.1, 0.15) is 18.5 Å². The Kier molecular flexibility index (Phi) is 5.40. The molecule has 0 aliphatic carbocycles. The zero-order valence-electron chi connectivity index (χ0n) is 12.8. The van der Waals surface area contributed by atoms with E-state index < -0.39 is 6.10 Å². The fraction of sp³-hybridized carbons (Fsp3) is 0.625. The minimum Gasteiger partial charge on any atom is -0.491 e. The number of aryl methyl sites for hydroxylation is 2. The van der Waals surface area contributed by atoms with Crippen LogP contribution >= 0.6 is 0 Å². The van der Waals surface area contributed by atoms with Gasteiger partial charge in [0.25, 0.3) is 0 Å². The van der Waals surface area contributed by atoms with Crippen molar-refractivity contribution >= 4 is 0 Å². The summed E-state index contributed by atoms with van der Waals surface area (Å²) in [5, 5.41) is 10.1. The molecule has 1 aliphatic heterocycles. The summed E-state index contributed by atoms with van der Waals surface area (Å²) in [5.74, 6) is 0.847. The van der Waals surface area contributed by atoms with Gasteiger partial charge in [0.05, 0.1) is 0 Å². The SMILES string of the molecule is Cc1cc(C)cc(OC[C@@H](O)CN2CCN(C)CC2)c1. The van der Waals surface area contributed by atoms with E-state index in [9.17, 15) is 5.11 Å². The normalized spacial score (nSPS) is 19.0. The van der Waals surface area contributed by atoms with Crippen molar-refractivity contribution in [2.75, 3.05) is 46.4 Å². The summed E-state index contributed by atoms with van der Waals surface area (Å²) >= 11 is 0. The molecule has 1 heterocycles. The smallest absolute Gasteiger partial charge is 0.119 e. The van der Waals surface area contributed by atoms with Gasteiger partial charge in [0.2, 0.25) is 0 Å². The highest BCUT2D eigenvalue weighted by atomic mass is 16.5. The first-order valence-electron chi connectivity index (χ1n) is 7.33. The van der Waals surface area contributed by atoms with Gasteiger partial charge in [0.15, 0.2) is 0 Å². The summed E-state index contributed by atoms with van der Waals surface area (Å²) in [5.41, 5.74) is 2.38. The molecule has 1 aliphatic rings. The van der Waals surface area contributed by atoms with Crippen LogP contribution in [0.5, 0.6) is 5.75 Å². The highest BCUT2D eigenvalue weighted by Gasteiger charge is 2.17. The van der Waals surface area contributed by atoms with Crippen LogP contribution in [0.3, 0.4) is 0 Å². The van der Waals surface area contributed by atoms with Gasteiger partial charge < -0.3 is 14.7 Å². The van der Waals surface area contributed by atoms with Gasteiger partial charge >= 0.3 is 0 Å². The molecule has 1 fully saturated rings. The molecule has 1 N–H and O–H groups in total. The van der Waals surface area contributed by atoms with Gasteiger partial charge in [-0.2, -0.15) is 0 Å². The summed E-state index contributed by atoms with van der Waals surface area (Å²) < 4.78 is 5.71. The van der Waals surface area contributed by atoms with E-state index in [4.69, 9.17) is 4.74 Å². The first kappa shape index (κ1) is 15.3. The van der Waals surface area contributed by atoms with Crippen LogP contribution in [0.2, 0.25) is 0 Å². The lowest BCUT2D eigenvalue weighted by atomic mass is 10.1. The summed E-state index contributed by atoms with van der Waals surface area (Å²) in [7, 11) is 2.14. The average molecular weight is 278 g/mol. The zero-order chi connectivity index (χ0) is 14.5. The number of aliphatic hydroxyl groups excluding tert-OH is 1. The number of likely N-dealkylation sites (N-methyl/N-ethyl adjacent to an activating group) is 1. The van der Waals surface area contributed by atoms with Crippen molar-refractivity contribution in [3.05, 3.63) is 29.3 Å². The van der Waals surface area contributed by atoms with Crippen molar-refractivity contribution in [1.29, 1.82) is 0 Å². The van der Waals surface area contributed by atoms with Crippen molar-refractivity contribution in [2.24, 2.45) is 0 Å². The lowest BCUT2D eigenvalue weighted by molar-refractivity contribution is 0.0504. The third-order valence-electron chi connectivity index (χ3n) is 3.70. The first-order chi connectivity index (χ1) is 9.52. The van der Waals surface area contributed by atoms with E-state index in [0.717, 1.165) is 31.9 Å². The van der Waals surface area contributed by atoms with Crippen LogP contribution in [0.25, 0.3) is 0 Å². The van der Waals surface area contributed by atoms with Gasteiger partial charge in [-0.3, -0.25) is 4.90 Å². The molecule has 1 aromatic rings. The summed E-state index contributed by atoms with van der Waals surface area (Å²) in [6.07, 6.45) is -0.431. The second-order valence-corrected chi connectivity index (χ2v) is 5.89. The highest BCUT2D eigenvalue weighted by Crippen LogP contribution is 2.16. The van der Waals surface area contributed by atoms with E-state index in [1.54, 1.807) is 0 Å². The van der Waals surface area contributed by atoms with Crippen LogP contribution in [0, 0.1) is 13.8 Å². The predicted molar refractivity (Wildman–Crippen MR) is 81.4 cm³/mol. The minimum absolute atomic E-state index is 0.356. The number of rotatable bonds is 5. The monoisotopic (exact) mass is 278 g/mol. The molecule has 1 aromatic carbocycles. The quantitative estimate of drug-likeness (QED) is 0.880. The fourth-order valence-corrected chi connectivity index (χ4v) is 2.59. The van der Waals surface area contributed by atoms with Gasteiger partial charge in [-0.15, -0.1) is 0 Å². The Bertz CT molecular complexity index is 408. The molecule has 112 valence electrons. The number of hydrogen-bond acceptors (Lipinski definition) is 4. The Hall–Kier alpha value is -1.10. The Morgan fingerprint density at radius 3 is 2.30 bits per heavy atom. The topological polar surface area (TPSA) is 35.9 Å². The van der Waals surface area contributed by atoms with Gasteiger partial charge in [-0.1, -0.05) is 6.07 Å². The summed E-state index contributed by atoms with van der Waals surface area (Å²) in [6, 6.07) is 6.14. The molecular weight excluding hydrogens is 252 g/mol. The lowest BCUT2D eigenvalue weighted by Crippen LogP contribution is -2.47. The summed E-state index contributed by atoms with van der Waals surface area (Å²) in [4.78, 5) is 4.62. The van der Waals surface area contributed by atoms with E-state index in [-0.39, 0.29) is 0 Å². The Morgan fingerprint density at radius 1 is 1.10 bits per heavy atom. The number of aliphatic hydroxyl groups is 1. The van der Waals surface area contributed by atoms with E-state index >= 15 is 0 Å². The van der Waals surface area contributed by atoms with Crippen molar-refractivity contribution in [2.45, 2.75) is 20.0 Å². The molecule has 0 saturated carbocycles. The molecule has 4 heteroatoms. The molecule has 0 unspecified atom stereocenters. The highest BCUT2D eigenvalue weighted by molar-refractivity contribution is 5.32. The number of hydrogen-bond donors (Lipinski definition) is 1. The average Bonchev–Trinajstić information content (AvgIpc) is 2.38. The Balaban J connectivity index is 1.75. The molecule has 0 aromatic heterocycles. The van der Waals surface area contributed by atoms with E-state index in [1.165, 1.54) is 11.1 Å². The van der Waals surface area contributed by atoms with Crippen molar-refractivity contribution < 1.29 is 9.84 Å². The maximum Gasteiger partial charge on any atom is 0.119 e. The van der Waals surface area contributed by atoms with Crippen LogP contribution in [0.1, 0.15) is 11.1 Å². The first-order valence-corrected chi connectivity index (χ1v) is 7.33. The lowest BCUT2D eigenvalue weighted by Gasteiger charge is -2.33. The summed E-state index contributed by atoms with van der Waals surface area (Å²) in [6.45, 7) is 9.36. The van der Waals surface area contributed by atoms with Crippen LogP contribution in [0.4, 0.5) is 0 Å². The van der Waals surface area contributed by atoms with Crippen molar-refractivity contribution in [3.8, 4) is 5.75 Å². The number of β-amino-alcohol motifs (C(OH)–C–C–N with tert-alkyl or cyclic N) is 1. The Morgan fingerprint density at radius 2 is 1.70 bits per heavy atom. The minimum atomic E-state index is -0.431. The molecule has 0 amide bonds. The number of piperazine rings is 1. The maximum absolute atomic E-state index is 10.1. The van der Waals surface area contributed by atoms with Crippen LogP contribution in [0.15, 0.2) is 18.2 Å². The number of ether oxygens (including phenoxy) is 1.